The van der Waals surface area contributed by atoms with Crippen LogP contribution in [-0.2, 0) is 23.8 Å². The molecule has 0 aliphatic rings. The smallest absolute Gasteiger partial charge is 0.340 e. The van der Waals surface area contributed by atoms with Gasteiger partial charge in [-0.15, -0.1) is 0 Å². The van der Waals surface area contributed by atoms with E-state index in [9.17, 15) is 24.0 Å². The van der Waals surface area contributed by atoms with Gasteiger partial charge in [0.1, 0.15) is 0 Å². The molecule has 10 heteroatoms. The van der Waals surface area contributed by atoms with E-state index in [1.54, 1.807) is 19.1 Å². The van der Waals surface area contributed by atoms with Gasteiger partial charge in [0.2, 0.25) is 0 Å². The summed E-state index contributed by atoms with van der Waals surface area (Å²) in [5.74, 6) is -4.43. The van der Waals surface area contributed by atoms with Crippen molar-refractivity contribution in [2.75, 3.05) is 31.5 Å². The van der Waals surface area contributed by atoms with E-state index in [1.165, 1.54) is 37.4 Å². The summed E-state index contributed by atoms with van der Waals surface area (Å²) in [5.41, 5.74) is -0.0404. The molecule has 0 spiro atoms. The van der Waals surface area contributed by atoms with E-state index in [2.05, 4.69) is 20.1 Å². The van der Waals surface area contributed by atoms with E-state index in [4.69, 9.17) is 4.74 Å². The van der Waals surface area contributed by atoms with Gasteiger partial charge >= 0.3 is 29.7 Å². The number of para-hydroxylation sites is 1. The third-order valence-electron chi connectivity index (χ3n) is 3.97. The highest BCUT2D eigenvalue weighted by molar-refractivity contribution is 6.44. The van der Waals surface area contributed by atoms with E-state index in [1.807, 2.05) is 0 Å². The summed E-state index contributed by atoms with van der Waals surface area (Å²) in [6.45, 7) is 1.77. The van der Waals surface area contributed by atoms with E-state index >= 15 is 0 Å². The molecule has 0 bridgehead atoms. The number of amides is 2. The van der Waals surface area contributed by atoms with E-state index in [-0.39, 0.29) is 34.7 Å². The molecule has 2 aromatic carbocycles. The van der Waals surface area contributed by atoms with Crippen LogP contribution in [0.25, 0.3) is 0 Å². The van der Waals surface area contributed by atoms with E-state index in [0.717, 1.165) is 7.11 Å². The van der Waals surface area contributed by atoms with Gasteiger partial charge in [0.15, 0.2) is 0 Å². The molecule has 0 aliphatic heterocycles. The van der Waals surface area contributed by atoms with Crippen molar-refractivity contribution in [3.05, 3.63) is 59.2 Å². The number of esters is 3. The molecular formula is C21H20N2O8. The zero-order valence-electron chi connectivity index (χ0n) is 17.0. The summed E-state index contributed by atoms with van der Waals surface area (Å²) in [6, 6.07) is 9.73. The Balaban J connectivity index is 2.27. The number of carbonyl (C=O) groups is 5. The first-order valence-corrected chi connectivity index (χ1v) is 9.01. The van der Waals surface area contributed by atoms with Crippen LogP contribution in [-0.4, -0.2) is 50.5 Å². The number of nitrogens with one attached hydrogen (secondary N) is 2. The summed E-state index contributed by atoms with van der Waals surface area (Å²) >= 11 is 0. The van der Waals surface area contributed by atoms with Crippen LogP contribution >= 0.6 is 0 Å². The molecular weight excluding hydrogens is 408 g/mol. The Hall–Kier alpha value is -4.21. The second-order valence-electron chi connectivity index (χ2n) is 5.92. The van der Waals surface area contributed by atoms with Crippen LogP contribution in [0.4, 0.5) is 11.4 Å². The molecule has 10 nitrogen and oxygen atoms in total. The fourth-order valence-corrected chi connectivity index (χ4v) is 2.52. The number of methoxy groups -OCH3 is 2. The number of rotatable bonds is 6. The average Bonchev–Trinajstić information content (AvgIpc) is 2.78. The summed E-state index contributed by atoms with van der Waals surface area (Å²) in [4.78, 5) is 60.6. The van der Waals surface area contributed by atoms with Crippen LogP contribution in [0.1, 0.15) is 38.0 Å². The first-order chi connectivity index (χ1) is 14.8. The first-order valence-electron chi connectivity index (χ1n) is 9.01. The van der Waals surface area contributed by atoms with Crippen LogP contribution in [0.5, 0.6) is 0 Å². The third-order valence-corrected chi connectivity index (χ3v) is 3.97. The summed E-state index contributed by atoms with van der Waals surface area (Å²) in [6.07, 6.45) is 0. The van der Waals surface area contributed by atoms with Gasteiger partial charge in [0, 0.05) is 0 Å². The topological polar surface area (TPSA) is 137 Å². The number of anilines is 2. The number of benzene rings is 2. The second-order valence-corrected chi connectivity index (χ2v) is 5.92. The van der Waals surface area contributed by atoms with Gasteiger partial charge in [-0.1, -0.05) is 12.1 Å². The summed E-state index contributed by atoms with van der Waals surface area (Å²) in [7, 11) is 2.31. The molecule has 0 saturated carbocycles. The Morgan fingerprint density at radius 3 is 1.94 bits per heavy atom. The molecule has 0 aliphatic carbocycles. The van der Waals surface area contributed by atoms with Crippen LogP contribution in [0.2, 0.25) is 0 Å². The fraction of sp³-hybridized carbons (Fsp3) is 0.190. The highest BCUT2D eigenvalue weighted by atomic mass is 16.5. The maximum atomic E-state index is 12.4. The normalized spacial score (nSPS) is 9.90. The molecule has 0 aromatic heterocycles. The summed E-state index contributed by atoms with van der Waals surface area (Å²) in [5, 5.41) is 4.58. The monoisotopic (exact) mass is 428 g/mol. The SMILES string of the molecule is CCOC(=O)c1ccccc1NC(=O)C(=O)Nc1cc(C(=O)OC)ccc1C(=O)OC. The maximum Gasteiger partial charge on any atom is 0.340 e. The van der Waals surface area contributed by atoms with Crippen molar-refractivity contribution >= 4 is 41.1 Å². The fourth-order valence-electron chi connectivity index (χ4n) is 2.52. The highest BCUT2D eigenvalue weighted by Gasteiger charge is 2.22. The zero-order chi connectivity index (χ0) is 23.0. The standard InChI is InChI=1S/C21H20N2O8/c1-4-31-21(28)13-7-5-6-8-15(13)22-17(24)18(25)23-16-11-12(19(26)29-2)9-10-14(16)20(27)30-3/h5-11H,4H2,1-3H3,(H,22,24)(H,23,25). The van der Waals surface area contributed by atoms with Crippen molar-refractivity contribution in [1.29, 1.82) is 0 Å². The lowest BCUT2D eigenvalue weighted by atomic mass is 10.1. The molecule has 2 amide bonds. The van der Waals surface area contributed by atoms with Crippen molar-refractivity contribution in [2.24, 2.45) is 0 Å². The van der Waals surface area contributed by atoms with Gasteiger partial charge in [-0.25, -0.2) is 14.4 Å². The van der Waals surface area contributed by atoms with Crippen LogP contribution in [0.15, 0.2) is 42.5 Å². The van der Waals surface area contributed by atoms with Gasteiger partial charge in [-0.05, 0) is 37.3 Å². The lowest BCUT2D eigenvalue weighted by Crippen LogP contribution is -2.30. The van der Waals surface area contributed by atoms with Crippen LogP contribution in [0.3, 0.4) is 0 Å². The predicted molar refractivity (Wildman–Crippen MR) is 109 cm³/mol. The van der Waals surface area contributed by atoms with Crippen molar-refractivity contribution in [3.63, 3.8) is 0 Å². The molecule has 0 fully saturated rings. The van der Waals surface area contributed by atoms with Gasteiger partial charge in [0.05, 0.1) is 48.9 Å². The minimum Gasteiger partial charge on any atom is -0.465 e. The first kappa shape index (κ1) is 23.1. The molecule has 0 saturated heterocycles. The largest absolute Gasteiger partial charge is 0.465 e. The van der Waals surface area contributed by atoms with Gasteiger partial charge in [0.25, 0.3) is 0 Å². The lowest BCUT2D eigenvalue weighted by Gasteiger charge is -2.12. The number of ether oxygens (including phenoxy) is 3. The van der Waals surface area contributed by atoms with Crippen molar-refractivity contribution in [3.8, 4) is 0 Å². The average molecular weight is 428 g/mol. The molecule has 0 atom stereocenters. The van der Waals surface area contributed by atoms with Crippen LogP contribution in [0, 0.1) is 0 Å². The quantitative estimate of drug-likeness (QED) is 0.405. The Kier molecular flexibility index (Phi) is 7.84. The van der Waals surface area contributed by atoms with Gasteiger partial charge < -0.3 is 24.8 Å². The molecule has 162 valence electrons. The molecule has 0 heterocycles. The number of hydrogen-bond donors (Lipinski definition) is 2. The predicted octanol–water partition coefficient (Wildman–Crippen LogP) is 2.01. The number of hydrogen-bond acceptors (Lipinski definition) is 8. The Labute approximate surface area is 177 Å². The van der Waals surface area contributed by atoms with E-state index < -0.39 is 29.7 Å². The van der Waals surface area contributed by atoms with E-state index in [0.29, 0.717) is 0 Å². The molecule has 2 N–H and O–H groups in total. The minimum absolute atomic E-state index is 0.0403. The molecule has 2 aromatic rings. The Morgan fingerprint density at radius 1 is 0.742 bits per heavy atom. The Bertz CT molecular complexity index is 1030. The zero-order valence-corrected chi connectivity index (χ0v) is 17.0. The molecule has 0 unspecified atom stereocenters. The highest BCUT2D eigenvalue weighted by Crippen LogP contribution is 2.21. The van der Waals surface area contributed by atoms with Crippen LogP contribution < -0.4 is 10.6 Å². The third kappa shape index (κ3) is 5.66. The van der Waals surface area contributed by atoms with Crippen molar-refractivity contribution in [2.45, 2.75) is 6.92 Å². The Morgan fingerprint density at radius 2 is 1.32 bits per heavy atom. The van der Waals surface area contributed by atoms with Gasteiger partial charge in [-0.2, -0.15) is 0 Å². The molecule has 0 radical (unpaired) electrons. The molecule has 31 heavy (non-hydrogen) atoms. The van der Waals surface area contributed by atoms with Crippen molar-refractivity contribution in [1.82, 2.24) is 0 Å². The maximum absolute atomic E-state index is 12.4. The lowest BCUT2D eigenvalue weighted by molar-refractivity contribution is -0.133. The van der Waals surface area contributed by atoms with Gasteiger partial charge in [-0.3, -0.25) is 9.59 Å². The molecule has 2 rings (SSSR count). The minimum atomic E-state index is -1.15. The second kappa shape index (κ2) is 10.5. The van der Waals surface area contributed by atoms with Crippen molar-refractivity contribution < 1.29 is 38.2 Å². The summed E-state index contributed by atoms with van der Waals surface area (Å²) < 4.78 is 14.2. The number of carbonyl (C=O) groups excluding carboxylic acids is 5.